The third-order valence-electron chi connectivity index (χ3n) is 2.77. The van der Waals surface area contributed by atoms with E-state index in [1.165, 1.54) is 12.8 Å². The van der Waals surface area contributed by atoms with E-state index in [9.17, 15) is 4.79 Å². The van der Waals surface area contributed by atoms with Gasteiger partial charge >= 0.3 is 5.97 Å². The summed E-state index contributed by atoms with van der Waals surface area (Å²) < 4.78 is 5.40. The second-order valence-corrected chi connectivity index (χ2v) is 4.44. The Balaban J connectivity index is 3.90. The Labute approximate surface area is 110 Å². The first kappa shape index (κ1) is 17.1. The van der Waals surface area contributed by atoms with Crippen LogP contribution in [0.5, 0.6) is 0 Å². The molecule has 0 aliphatic heterocycles. The number of rotatable bonds is 11. The molecule has 0 fully saturated rings. The number of carbonyl (C=O) groups excluding carboxylic acids is 1. The summed E-state index contributed by atoms with van der Waals surface area (Å²) in [6.45, 7) is 8.75. The van der Waals surface area contributed by atoms with Crippen LogP contribution in [0.25, 0.3) is 0 Å². The lowest BCUT2D eigenvalue weighted by molar-refractivity contribution is -0.144. The highest BCUT2D eigenvalue weighted by molar-refractivity contribution is 5.88. The minimum atomic E-state index is -0.330. The van der Waals surface area contributed by atoms with E-state index in [0.29, 0.717) is 18.7 Å². The molecule has 0 saturated carbocycles. The van der Waals surface area contributed by atoms with Crippen LogP contribution in [0.15, 0.2) is 12.2 Å². The minimum Gasteiger partial charge on any atom is -0.459 e. The summed E-state index contributed by atoms with van der Waals surface area (Å²) in [5.74, 6) is -0.330. The van der Waals surface area contributed by atoms with E-state index in [1.807, 2.05) is 6.92 Å². The molecule has 0 saturated heterocycles. The molecule has 0 rings (SSSR count). The van der Waals surface area contributed by atoms with E-state index in [-0.39, 0.29) is 18.7 Å². The molecule has 1 atom stereocenters. The molecule has 0 aliphatic rings. The molecule has 0 spiro atoms. The topological polar surface area (TPSA) is 58.6 Å². The monoisotopic (exact) mass is 257 g/mol. The van der Waals surface area contributed by atoms with Crippen molar-refractivity contribution in [2.75, 3.05) is 19.7 Å². The summed E-state index contributed by atoms with van der Waals surface area (Å²) in [7, 11) is 0. The van der Waals surface area contributed by atoms with Gasteiger partial charge < -0.3 is 15.2 Å². The summed E-state index contributed by atoms with van der Waals surface area (Å²) in [6, 6.07) is 0. The van der Waals surface area contributed by atoms with E-state index in [0.717, 1.165) is 19.3 Å². The van der Waals surface area contributed by atoms with Crippen LogP contribution in [-0.4, -0.2) is 36.9 Å². The summed E-state index contributed by atoms with van der Waals surface area (Å²) in [4.78, 5) is 11.7. The fourth-order valence-electron chi connectivity index (χ4n) is 1.59. The zero-order valence-electron chi connectivity index (χ0n) is 11.7. The van der Waals surface area contributed by atoms with Crippen LogP contribution in [0.3, 0.4) is 0 Å². The molecule has 0 aromatic carbocycles. The normalized spacial score (nSPS) is 12.2. The highest BCUT2D eigenvalue weighted by Gasteiger charge is 2.14. The lowest BCUT2D eigenvalue weighted by Crippen LogP contribution is -2.26. The van der Waals surface area contributed by atoms with Gasteiger partial charge in [-0.25, -0.2) is 4.79 Å². The van der Waals surface area contributed by atoms with Gasteiger partial charge in [0.05, 0.1) is 6.61 Å². The maximum Gasteiger partial charge on any atom is 0.334 e. The first-order valence-electron chi connectivity index (χ1n) is 6.86. The fourth-order valence-corrected chi connectivity index (χ4v) is 1.59. The van der Waals surface area contributed by atoms with Gasteiger partial charge in [0.2, 0.25) is 0 Å². The summed E-state index contributed by atoms with van der Waals surface area (Å²) >= 11 is 0. The predicted octanol–water partition coefficient (Wildman–Crippen LogP) is 2.03. The average molecular weight is 257 g/mol. The predicted molar refractivity (Wildman–Crippen MR) is 73.4 cm³/mol. The van der Waals surface area contributed by atoms with Crippen molar-refractivity contribution in [2.24, 2.45) is 0 Å². The molecule has 4 nitrogen and oxygen atoms in total. The SMILES string of the molecule is C=C(CNCCO)C(=O)OC(CC)CCCCC. The maximum absolute atomic E-state index is 11.7. The number of nitrogens with one attached hydrogen (secondary N) is 1. The number of aliphatic hydroxyl groups is 1. The van der Waals surface area contributed by atoms with Crippen molar-refractivity contribution in [3.05, 3.63) is 12.2 Å². The molecular formula is C14H27NO3. The van der Waals surface area contributed by atoms with Gasteiger partial charge in [0, 0.05) is 18.7 Å². The van der Waals surface area contributed by atoms with Gasteiger partial charge in [0.15, 0.2) is 0 Å². The number of esters is 1. The Morgan fingerprint density at radius 2 is 2.11 bits per heavy atom. The Hall–Kier alpha value is -0.870. The molecule has 0 aliphatic carbocycles. The van der Waals surface area contributed by atoms with Crippen molar-refractivity contribution in [3.8, 4) is 0 Å². The van der Waals surface area contributed by atoms with Gasteiger partial charge in [-0.1, -0.05) is 33.3 Å². The molecule has 0 heterocycles. The molecule has 0 amide bonds. The molecule has 1 unspecified atom stereocenters. The van der Waals surface area contributed by atoms with E-state index in [4.69, 9.17) is 9.84 Å². The Bertz CT molecular complexity index is 241. The quantitative estimate of drug-likeness (QED) is 0.338. The van der Waals surface area contributed by atoms with Crippen LogP contribution in [-0.2, 0) is 9.53 Å². The molecule has 4 heteroatoms. The molecule has 0 bridgehead atoms. The van der Waals surface area contributed by atoms with Crippen molar-refractivity contribution in [1.29, 1.82) is 0 Å². The number of hydrogen-bond acceptors (Lipinski definition) is 4. The van der Waals surface area contributed by atoms with E-state index < -0.39 is 0 Å². The number of hydrogen-bond donors (Lipinski definition) is 2. The lowest BCUT2D eigenvalue weighted by Gasteiger charge is -2.17. The number of unbranched alkanes of at least 4 members (excludes halogenated alkanes) is 2. The van der Waals surface area contributed by atoms with Gasteiger partial charge in [-0.15, -0.1) is 0 Å². The smallest absolute Gasteiger partial charge is 0.334 e. The van der Waals surface area contributed by atoms with Crippen LogP contribution in [0.4, 0.5) is 0 Å². The number of aliphatic hydroxyl groups excluding tert-OH is 1. The van der Waals surface area contributed by atoms with Crippen LogP contribution in [0.1, 0.15) is 46.0 Å². The second kappa shape index (κ2) is 11.2. The largest absolute Gasteiger partial charge is 0.459 e. The third kappa shape index (κ3) is 8.25. The van der Waals surface area contributed by atoms with Gasteiger partial charge in [-0.3, -0.25) is 0 Å². The van der Waals surface area contributed by atoms with E-state index >= 15 is 0 Å². The zero-order valence-corrected chi connectivity index (χ0v) is 11.7. The van der Waals surface area contributed by atoms with Crippen molar-refractivity contribution in [2.45, 2.75) is 52.1 Å². The average Bonchev–Trinajstić information content (AvgIpc) is 2.37. The molecule has 0 aromatic heterocycles. The van der Waals surface area contributed by atoms with Crippen LogP contribution >= 0.6 is 0 Å². The summed E-state index contributed by atoms with van der Waals surface area (Å²) in [6.07, 6.45) is 5.20. The number of carbonyl (C=O) groups is 1. The standard InChI is InChI=1S/C14H27NO3/c1-4-6-7-8-13(5-2)18-14(17)12(3)11-15-9-10-16/h13,15-16H,3-11H2,1-2H3. The molecule has 0 aromatic rings. The third-order valence-corrected chi connectivity index (χ3v) is 2.77. The highest BCUT2D eigenvalue weighted by Crippen LogP contribution is 2.11. The van der Waals surface area contributed by atoms with Gasteiger partial charge in [-0.2, -0.15) is 0 Å². The first-order chi connectivity index (χ1) is 8.65. The highest BCUT2D eigenvalue weighted by atomic mass is 16.5. The molecule has 0 radical (unpaired) electrons. The number of ether oxygens (including phenoxy) is 1. The van der Waals surface area contributed by atoms with Crippen molar-refractivity contribution in [1.82, 2.24) is 5.32 Å². The molecular weight excluding hydrogens is 230 g/mol. The van der Waals surface area contributed by atoms with Gasteiger partial charge in [-0.05, 0) is 19.3 Å². The zero-order chi connectivity index (χ0) is 13.8. The van der Waals surface area contributed by atoms with Crippen LogP contribution in [0, 0.1) is 0 Å². The summed E-state index contributed by atoms with van der Waals surface area (Å²) in [5.41, 5.74) is 0.414. The van der Waals surface area contributed by atoms with E-state index in [1.54, 1.807) is 0 Å². The molecule has 2 N–H and O–H groups in total. The van der Waals surface area contributed by atoms with Crippen LogP contribution < -0.4 is 5.32 Å². The van der Waals surface area contributed by atoms with Gasteiger partial charge in [0.25, 0.3) is 0 Å². The van der Waals surface area contributed by atoms with Crippen molar-refractivity contribution >= 4 is 5.97 Å². The molecule has 106 valence electrons. The van der Waals surface area contributed by atoms with E-state index in [2.05, 4.69) is 18.8 Å². The van der Waals surface area contributed by atoms with Gasteiger partial charge in [0.1, 0.15) is 6.10 Å². The fraction of sp³-hybridized carbons (Fsp3) is 0.786. The van der Waals surface area contributed by atoms with Crippen LogP contribution in [0.2, 0.25) is 0 Å². The Kier molecular flexibility index (Phi) is 10.7. The molecule has 18 heavy (non-hydrogen) atoms. The Morgan fingerprint density at radius 3 is 2.67 bits per heavy atom. The van der Waals surface area contributed by atoms with Crippen molar-refractivity contribution < 1.29 is 14.6 Å². The minimum absolute atomic E-state index is 0.00126. The second-order valence-electron chi connectivity index (χ2n) is 4.44. The maximum atomic E-state index is 11.7. The Morgan fingerprint density at radius 1 is 1.39 bits per heavy atom. The lowest BCUT2D eigenvalue weighted by atomic mass is 10.1. The van der Waals surface area contributed by atoms with Crippen molar-refractivity contribution in [3.63, 3.8) is 0 Å². The first-order valence-corrected chi connectivity index (χ1v) is 6.86. The summed E-state index contributed by atoms with van der Waals surface area (Å²) in [5, 5.41) is 11.5.